The first-order chi connectivity index (χ1) is 11.7. The Morgan fingerprint density at radius 3 is 2.62 bits per heavy atom. The Kier molecular flexibility index (Phi) is 4.56. The lowest BCUT2D eigenvalue weighted by Gasteiger charge is -2.09. The highest BCUT2D eigenvalue weighted by Gasteiger charge is 2.07. The molecule has 0 spiro atoms. The molecule has 122 valence electrons. The van der Waals surface area contributed by atoms with Crippen LogP contribution in [0.1, 0.15) is 23.7 Å². The Labute approximate surface area is 139 Å². The maximum Gasteiger partial charge on any atom is 0.276 e. The van der Waals surface area contributed by atoms with Crippen molar-refractivity contribution in [2.24, 2.45) is 0 Å². The lowest BCUT2D eigenvalue weighted by molar-refractivity contribution is -0.119. The van der Waals surface area contributed by atoms with E-state index in [1.165, 1.54) is 0 Å². The number of para-hydroxylation sites is 2. The minimum Gasteiger partial charge on any atom is -0.484 e. The summed E-state index contributed by atoms with van der Waals surface area (Å²) in [6.45, 7) is 1.68. The number of nitrogens with one attached hydrogen (secondary N) is 1. The monoisotopic (exact) mass is 323 g/mol. The number of carbonyl (C=O) groups is 2. The van der Waals surface area contributed by atoms with Crippen molar-refractivity contribution in [2.45, 2.75) is 13.3 Å². The number of hydrogen-bond donors (Lipinski definition) is 1. The number of hydrogen-bond acceptors (Lipinski definition) is 4. The maximum atomic E-state index is 12.0. The molecule has 0 unspecified atom stereocenters. The summed E-state index contributed by atoms with van der Waals surface area (Å²) in [5, 5.41) is 0. The van der Waals surface area contributed by atoms with E-state index in [0.29, 0.717) is 17.7 Å². The molecule has 0 aliphatic rings. The Hall–Kier alpha value is -3.15. The topological polar surface area (TPSA) is 73.2 Å². The largest absolute Gasteiger partial charge is 0.484 e. The zero-order valence-electron chi connectivity index (χ0n) is 13.2. The number of ketones is 1. The van der Waals surface area contributed by atoms with Crippen LogP contribution in [0.15, 0.2) is 54.9 Å². The third-order valence-corrected chi connectivity index (χ3v) is 3.57. The van der Waals surface area contributed by atoms with Crippen LogP contribution < -0.4 is 10.2 Å². The number of fused-ring (bicyclic) bond motifs is 1. The molecule has 0 bridgehead atoms. The standard InChI is InChI=1S/C18H17N3O3/c1-2-17(22)13-7-9-14(10-8-13)24-11-18(23)20-21-12-19-15-5-3-4-6-16(15)21/h3-10,12H,2,11H2,1H3,(H,20,23). The fraction of sp³-hybridized carbons (Fsp3) is 0.167. The van der Waals surface area contributed by atoms with Gasteiger partial charge in [-0.1, -0.05) is 19.1 Å². The lowest BCUT2D eigenvalue weighted by atomic mass is 10.1. The molecule has 0 aliphatic heterocycles. The number of aromatic nitrogens is 2. The van der Waals surface area contributed by atoms with E-state index >= 15 is 0 Å². The van der Waals surface area contributed by atoms with Crippen molar-refractivity contribution < 1.29 is 14.3 Å². The number of Topliss-reactive ketones (excluding diaryl/α,β-unsaturated/α-hetero) is 1. The molecule has 0 aliphatic carbocycles. The van der Waals surface area contributed by atoms with E-state index in [1.807, 2.05) is 31.2 Å². The van der Waals surface area contributed by atoms with Gasteiger partial charge in [0.15, 0.2) is 12.4 Å². The molecule has 0 atom stereocenters. The van der Waals surface area contributed by atoms with Gasteiger partial charge in [-0.05, 0) is 36.4 Å². The number of nitrogens with zero attached hydrogens (tertiary/aromatic N) is 2. The SMILES string of the molecule is CCC(=O)c1ccc(OCC(=O)Nn2cnc3ccccc32)cc1. The molecule has 1 aromatic heterocycles. The van der Waals surface area contributed by atoms with Crippen molar-refractivity contribution in [3.63, 3.8) is 0 Å². The highest BCUT2D eigenvalue weighted by molar-refractivity contribution is 5.95. The molecule has 6 heteroatoms. The van der Waals surface area contributed by atoms with E-state index in [1.54, 1.807) is 35.3 Å². The predicted octanol–water partition coefficient (Wildman–Crippen LogP) is 2.78. The van der Waals surface area contributed by atoms with Gasteiger partial charge in [0.2, 0.25) is 0 Å². The molecular formula is C18H17N3O3. The summed E-state index contributed by atoms with van der Waals surface area (Å²) in [5.74, 6) is 0.312. The lowest BCUT2D eigenvalue weighted by Crippen LogP contribution is -2.27. The van der Waals surface area contributed by atoms with Gasteiger partial charge in [-0.3, -0.25) is 15.0 Å². The van der Waals surface area contributed by atoms with Gasteiger partial charge in [0, 0.05) is 12.0 Å². The quantitative estimate of drug-likeness (QED) is 0.708. The first-order valence-corrected chi connectivity index (χ1v) is 7.65. The van der Waals surface area contributed by atoms with Gasteiger partial charge in [-0.2, -0.15) is 0 Å². The van der Waals surface area contributed by atoms with Crippen molar-refractivity contribution >= 4 is 22.7 Å². The maximum absolute atomic E-state index is 12.0. The van der Waals surface area contributed by atoms with E-state index in [9.17, 15) is 9.59 Å². The van der Waals surface area contributed by atoms with Crippen molar-refractivity contribution in [3.8, 4) is 5.75 Å². The first-order valence-electron chi connectivity index (χ1n) is 7.65. The third kappa shape index (κ3) is 3.43. The van der Waals surface area contributed by atoms with Crippen LogP contribution in [0.3, 0.4) is 0 Å². The van der Waals surface area contributed by atoms with Crippen LogP contribution in [0.2, 0.25) is 0 Å². The normalized spacial score (nSPS) is 10.5. The van der Waals surface area contributed by atoms with Crippen molar-refractivity contribution in [1.29, 1.82) is 0 Å². The molecule has 0 radical (unpaired) electrons. The zero-order valence-corrected chi connectivity index (χ0v) is 13.2. The molecular weight excluding hydrogens is 306 g/mol. The van der Waals surface area contributed by atoms with E-state index in [2.05, 4.69) is 10.4 Å². The molecule has 3 rings (SSSR count). The van der Waals surface area contributed by atoms with E-state index < -0.39 is 0 Å². The fourth-order valence-corrected chi connectivity index (χ4v) is 2.30. The predicted molar refractivity (Wildman–Crippen MR) is 90.7 cm³/mol. The zero-order chi connectivity index (χ0) is 16.9. The molecule has 0 saturated carbocycles. The van der Waals surface area contributed by atoms with Gasteiger partial charge in [0.05, 0.1) is 11.0 Å². The summed E-state index contributed by atoms with van der Waals surface area (Å²) in [6, 6.07) is 14.3. The van der Waals surface area contributed by atoms with Crippen LogP contribution in [-0.2, 0) is 4.79 Å². The Balaban J connectivity index is 1.58. The molecule has 0 fully saturated rings. The minimum absolute atomic E-state index is 0.0753. The Morgan fingerprint density at radius 1 is 1.12 bits per heavy atom. The minimum atomic E-state index is -0.299. The van der Waals surface area contributed by atoms with Gasteiger partial charge in [0.25, 0.3) is 5.91 Å². The Bertz CT molecular complexity index is 869. The summed E-state index contributed by atoms with van der Waals surface area (Å²) in [5.41, 5.74) is 4.96. The number of imidazole rings is 1. The second kappa shape index (κ2) is 6.95. The van der Waals surface area contributed by atoms with Crippen LogP contribution in [0, 0.1) is 0 Å². The molecule has 6 nitrogen and oxygen atoms in total. The Morgan fingerprint density at radius 2 is 1.88 bits per heavy atom. The average Bonchev–Trinajstić information content (AvgIpc) is 3.03. The van der Waals surface area contributed by atoms with Crippen LogP contribution in [0.25, 0.3) is 11.0 Å². The first kappa shape index (κ1) is 15.7. The molecule has 1 heterocycles. The number of amides is 1. The number of ether oxygens (including phenoxy) is 1. The van der Waals surface area contributed by atoms with Crippen molar-refractivity contribution in [3.05, 3.63) is 60.4 Å². The molecule has 2 aromatic carbocycles. The van der Waals surface area contributed by atoms with E-state index in [4.69, 9.17) is 4.74 Å². The van der Waals surface area contributed by atoms with Crippen LogP contribution >= 0.6 is 0 Å². The number of benzene rings is 2. The highest BCUT2D eigenvalue weighted by atomic mass is 16.5. The van der Waals surface area contributed by atoms with Crippen molar-refractivity contribution in [1.82, 2.24) is 9.66 Å². The molecule has 1 amide bonds. The van der Waals surface area contributed by atoms with Crippen LogP contribution in [0.4, 0.5) is 0 Å². The summed E-state index contributed by atoms with van der Waals surface area (Å²) in [7, 11) is 0. The number of rotatable bonds is 6. The summed E-state index contributed by atoms with van der Waals surface area (Å²) in [4.78, 5) is 27.8. The third-order valence-electron chi connectivity index (χ3n) is 3.57. The summed E-state index contributed by atoms with van der Waals surface area (Å²) < 4.78 is 7.00. The summed E-state index contributed by atoms with van der Waals surface area (Å²) in [6.07, 6.45) is 2.01. The molecule has 0 saturated heterocycles. The fourth-order valence-electron chi connectivity index (χ4n) is 2.30. The van der Waals surface area contributed by atoms with Gasteiger partial charge in [0.1, 0.15) is 12.1 Å². The molecule has 3 aromatic rings. The van der Waals surface area contributed by atoms with Gasteiger partial charge >= 0.3 is 0 Å². The van der Waals surface area contributed by atoms with Crippen LogP contribution in [-0.4, -0.2) is 28.0 Å². The molecule has 24 heavy (non-hydrogen) atoms. The highest BCUT2D eigenvalue weighted by Crippen LogP contribution is 2.14. The second-order valence-electron chi connectivity index (χ2n) is 5.23. The van der Waals surface area contributed by atoms with Gasteiger partial charge in [-0.15, -0.1) is 0 Å². The average molecular weight is 323 g/mol. The van der Waals surface area contributed by atoms with Crippen LogP contribution in [0.5, 0.6) is 5.75 Å². The molecule has 1 N–H and O–H groups in total. The number of carbonyl (C=O) groups excluding carboxylic acids is 2. The van der Waals surface area contributed by atoms with Gasteiger partial charge < -0.3 is 4.74 Å². The van der Waals surface area contributed by atoms with E-state index in [-0.39, 0.29) is 18.3 Å². The van der Waals surface area contributed by atoms with Crippen molar-refractivity contribution in [2.75, 3.05) is 12.0 Å². The summed E-state index contributed by atoms with van der Waals surface area (Å²) >= 11 is 0. The van der Waals surface area contributed by atoms with Gasteiger partial charge in [-0.25, -0.2) is 9.66 Å². The smallest absolute Gasteiger partial charge is 0.276 e. The second-order valence-corrected chi connectivity index (χ2v) is 5.23. The van der Waals surface area contributed by atoms with E-state index in [0.717, 1.165) is 11.0 Å².